The maximum Gasteiger partial charge on any atom is 0.310 e. The van der Waals surface area contributed by atoms with Crippen molar-refractivity contribution in [2.75, 3.05) is 13.7 Å². The number of methoxy groups -OCH3 is 1. The van der Waals surface area contributed by atoms with Crippen LogP contribution in [0.5, 0.6) is 5.75 Å². The molecule has 0 amide bonds. The predicted molar refractivity (Wildman–Crippen MR) is 127 cm³/mol. The standard InChI is InChI=1S/C17H21NO4.C6H5Cl.C2H6/c1-5-8-22-17(20)10-14-11(2)18(12(3)19)16-7-6-13(21-4)9-15(14)16;7-6-4-2-1-3-5-6;1-2/h6-7,9H,5,8,10H2,1-4H3;1-5H;1-2H3. The Hall–Kier alpha value is -2.79. The molecule has 0 aliphatic heterocycles. The molecule has 2 aromatic carbocycles. The van der Waals surface area contributed by atoms with E-state index in [1.54, 1.807) is 17.7 Å². The highest BCUT2D eigenvalue weighted by Gasteiger charge is 2.19. The van der Waals surface area contributed by atoms with E-state index in [0.29, 0.717) is 12.4 Å². The molecule has 0 saturated carbocycles. The van der Waals surface area contributed by atoms with Gasteiger partial charge in [0.15, 0.2) is 0 Å². The number of nitrogens with zero attached hydrogens (tertiary/aromatic N) is 1. The van der Waals surface area contributed by atoms with E-state index in [4.69, 9.17) is 21.1 Å². The van der Waals surface area contributed by atoms with Crippen LogP contribution in [-0.4, -0.2) is 30.2 Å². The van der Waals surface area contributed by atoms with E-state index >= 15 is 0 Å². The second-order valence-corrected chi connectivity index (χ2v) is 6.93. The third-order valence-electron chi connectivity index (χ3n) is 4.38. The lowest BCUT2D eigenvalue weighted by atomic mass is 10.1. The highest BCUT2D eigenvalue weighted by atomic mass is 35.5. The third kappa shape index (κ3) is 7.44. The van der Waals surface area contributed by atoms with Gasteiger partial charge in [0.1, 0.15) is 5.75 Å². The second-order valence-electron chi connectivity index (χ2n) is 6.49. The van der Waals surface area contributed by atoms with E-state index in [2.05, 4.69) is 0 Å². The molecule has 3 aromatic rings. The average Bonchev–Trinajstić information content (AvgIpc) is 3.05. The zero-order valence-corrected chi connectivity index (χ0v) is 20.0. The molecule has 0 aliphatic rings. The van der Waals surface area contributed by atoms with Gasteiger partial charge in [0.2, 0.25) is 5.91 Å². The Morgan fingerprint density at radius 1 is 1.06 bits per heavy atom. The Morgan fingerprint density at radius 2 is 1.71 bits per heavy atom. The minimum Gasteiger partial charge on any atom is -0.497 e. The summed E-state index contributed by atoms with van der Waals surface area (Å²) in [4.78, 5) is 23.9. The molecule has 31 heavy (non-hydrogen) atoms. The van der Waals surface area contributed by atoms with Crippen molar-refractivity contribution >= 4 is 34.4 Å². The van der Waals surface area contributed by atoms with Gasteiger partial charge < -0.3 is 9.47 Å². The highest BCUT2D eigenvalue weighted by Crippen LogP contribution is 2.30. The fourth-order valence-corrected chi connectivity index (χ4v) is 3.19. The smallest absolute Gasteiger partial charge is 0.310 e. The zero-order valence-electron chi connectivity index (χ0n) is 19.2. The van der Waals surface area contributed by atoms with Gasteiger partial charge in [-0.2, -0.15) is 0 Å². The molecule has 168 valence electrons. The van der Waals surface area contributed by atoms with Gasteiger partial charge in [-0.15, -0.1) is 0 Å². The zero-order chi connectivity index (χ0) is 23.4. The maximum absolute atomic E-state index is 12.0. The molecule has 6 heteroatoms. The lowest BCUT2D eigenvalue weighted by molar-refractivity contribution is -0.142. The van der Waals surface area contributed by atoms with Gasteiger partial charge in [-0.25, -0.2) is 0 Å². The van der Waals surface area contributed by atoms with Crippen LogP contribution in [0.2, 0.25) is 5.02 Å². The first kappa shape index (κ1) is 26.2. The van der Waals surface area contributed by atoms with Gasteiger partial charge in [0.25, 0.3) is 0 Å². The van der Waals surface area contributed by atoms with Gasteiger partial charge in [0.05, 0.1) is 25.7 Å². The molecule has 0 unspecified atom stereocenters. The van der Waals surface area contributed by atoms with Crippen LogP contribution >= 0.6 is 11.6 Å². The van der Waals surface area contributed by atoms with Crippen molar-refractivity contribution in [2.45, 2.75) is 47.5 Å². The number of aromatic nitrogens is 1. The molecule has 1 aromatic heterocycles. The van der Waals surface area contributed by atoms with Crippen LogP contribution in [0.1, 0.15) is 50.2 Å². The molecule has 1 heterocycles. The van der Waals surface area contributed by atoms with Gasteiger partial charge >= 0.3 is 5.97 Å². The Kier molecular flexibility index (Phi) is 11.4. The number of benzene rings is 2. The summed E-state index contributed by atoms with van der Waals surface area (Å²) in [5.41, 5.74) is 2.36. The normalized spacial score (nSPS) is 9.77. The van der Waals surface area contributed by atoms with E-state index in [-0.39, 0.29) is 18.3 Å². The summed E-state index contributed by atoms with van der Waals surface area (Å²) in [7, 11) is 1.59. The predicted octanol–water partition coefficient (Wildman–Crippen LogP) is 6.48. The van der Waals surface area contributed by atoms with Gasteiger partial charge in [-0.3, -0.25) is 14.2 Å². The minimum atomic E-state index is -0.282. The number of carbonyl (C=O) groups is 2. The van der Waals surface area contributed by atoms with Crippen LogP contribution in [0.15, 0.2) is 48.5 Å². The van der Waals surface area contributed by atoms with E-state index in [0.717, 1.165) is 33.6 Å². The van der Waals surface area contributed by atoms with Crippen molar-refractivity contribution in [3.05, 3.63) is 64.8 Å². The van der Waals surface area contributed by atoms with Crippen LogP contribution in [0.25, 0.3) is 10.9 Å². The molecule has 5 nitrogen and oxygen atoms in total. The lowest BCUT2D eigenvalue weighted by Crippen LogP contribution is -2.11. The first-order valence-electron chi connectivity index (χ1n) is 10.4. The van der Waals surface area contributed by atoms with Crippen LogP contribution in [-0.2, 0) is 16.0 Å². The van der Waals surface area contributed by atoms with E-state index in [1.807, 2.05) is 70.2 Å². The van der Waals surface area contributed by atoms with Crippen molar-refractivity contribution in [3.63, 3.8) is 0 Å². The minimum absolute atomic E-state index is 0.0826. The third-order valence-corrected chi connectivity index (χ3v) is 4.63. The van der Waals surface area contributed by atoms with Gasteiger partial charge in [-0.1, -0.05) is 50.6 Å². The Bertz CT molecular complexity index is 980. The molecule has 0 fully saturated rings. The molecule has 0 radical (unpaired) electrons. The first-order chi connectivity index (χ1) is 14.9. The Morgan fingerprint density at radius 3 is 2.19 bits per heavy atom. The number of carbonyl (C=O) groups excluding carboxylic acids is 2. The molecular formula is C25H32ClNO4. The summed E-state index contributed by atoms with van der Waals surface area (Å²) in [6.45, 7) is 9.71. The molecule has 0 bridgehead atoms. The number of fused-ring (bicyclic) bond motifs is 1. The van der Waals surface area contributed by atoms with Crippen molar-refractivity contribution in [3.8, 4) is 5.75 Å². The fourth-order valence-electron chi connectivity index (χ4n) is 3.04. The fraction of sp³-hybridized carbons (Fsp3) is 0.360. The summed E-state index contributed by atoms with van der Waals surface area (Å²) in [5, 5.41) is 1.64. The second kappa shape index (κ2) is 13.5. The quantitative estimate of drug-likeness (QED) is 0.421. The molecule has 3 rings (SSSR count). The number of hydrogen-bond acceptors (Lipinski definition) is 4. The van der Waals surface area contributed by atoms with E-state index < -0.39 is 0 Å². The van der Waals surface area contributed by atoms with Gasteiger partial charge in [-0.05, 0) is 49.2 Å². The Balaban J connectivity index is 0.000000447. The summed E-state index contributed by atoms with van der Waals surface area (Å²) in [6.07, 6.45) is 0.934. The van der Waals surface area contributed by atoms with E-state index in [1.165, 1.54) is 6.92 Å². The number of ether oxygens (including phenoxy) is 2. The monoisotopic (exact) mass is 445 g/mol. The highest BCUT2D eigenvalue weighted by molar-refractivity contribution is 6.30. The number of esters is 1. The molecule has 0 N–H and O–H groups in total. The van der Waals surface area contributed by atoms with Crippen molar-refractivity contribution in [1.29, 1.82) is 0 Å². The summed E-state index contributed by atoms with van der Waals surface area (Å²) < 4.78 is 12.0. The summed E-state index contributed by atoms with van der Waals surface area (Å²) in [6, 6.07) is 14.9. The van der Waals surface area contributed by atoms with Crippen LogP contribution < -0.4 is 4.74 Å². The molecule has 0 atom stereocenters. The average molecular weight is 446 g/mol. The van der Waals surface area contributed by atoms with Gasteiger partial charge in [0, 0.05) is 23.0 Å². The summed E-state index contributed by atoms with van der Waals surface area (Å²) >= 11 is 5.54. The van der Waals surface area contributed by atoms with Crippen LogP contribution in [0, 0.1) is 6.92 Å². The number of halogens is 1. The number of rotatable bonds is 5. The molecular weight excluding hydrogens is 414 g/mol. The topological polar surface area (TPSA) is 57.5 Å². The van der Waals surface area contributed by atoms with Crippen LogP contribution in [0.3, 0.4) is 0 Å². The van der Waals surface area contributed by atoms with Crippen molar-refractivity contribution in [2.24, 2.45) is 0 Å². The molecule has 0 aliphatic carbocycles. The lowest BCUT2D eigenvalue weighted by Gasteiger charge is -2.05. The van der Waals surface area contributed by atoms with Crippen molar-refractivity contribution in [1.82, 2.24) is 4.57 Å². The largest absolute Gasteiger partial charge is 0.497 e. The maximum atomic E-state index is 12.0. The Labute approximate surface area is 189 Å². The van der Waals surface area contributed by atoms with Crippen LogP contribution in [0.4, 0.5) is 0 Å². The SMILES string of the molecule is CC.CCCOC(=O)Cc1c(C)n(C(C)=O)c2ccc(OC)cc12.Clc1ccccc1. The number of hydrogen-bond donors (Lipinski definition) is 0. The molecule has 0 spiro atoms. The van der Waals surface area contributed by atoms with Crippen molar-refractivity contribution < 1.29 is 19.1 Å². The first-order valence-corrected chi connectivity index (χ1v) is 10.8. The summed E-state index contributed by atoms with van der Waals surface area (Å²) in [5.74, 6) is 0.326. The molecule has 0 saturated heterocycles. The van der Waals surface area contributed by atoms with E-state index in [9.17, 15) is 9.59 Å².